The van der Waals surface area contributed by atoms with Crippen LogP contribution >= 0.6 is 12.8 Å². The molecule has 1 aliphatic rings. The number of carbonyl (C=O) groups is 2. The first-order chi connectivity index (χ1) is 10.1. The van der Waals surface area contributed by atoms with Crippen molar-refractivity contribution < 1.29 is 14.3 Å². The summed E-state index contributed by atoms with van der Waals surface area (Å²) in [5, 5.41) is 0. The van der Waals surface area contributed by atoms with Crippen molar-refractivity contribution in [2.45, 2.75) is 25.5 Å². The SMILES string of the molecule is NC(=O)N(S)c1ccc(CN(C=O)CC2CCCO2)cc1. The second-order valence-electron chi connectivity index (χ2n) is 4.99. The third-order valence-electron chi connectivity index (χ3n) is 3.39. The molecule has 1 heterocycles. The minimum atomic E-state index is -0.640. The van der Waals surface area contributed by atoms with E-state index < -0.39 is 6.03 Å². The number of hydrogen-bond acceptors (Lipinski definition) is 4. The van der Waals surface area contributed by atoms with Crippen LogP contribution in [0.2, 0.25) is 0 Å². The lowest BCUT2D eigenvalue weighted by molar-refractivity contribution is -0.120. The molecule has 0 saturated carbocycles. The molecule has 1 unspecified atom stereocenters. The Bertz CT molecular complexity index is 489. The van der Waals surface area contributed by atoms with Crippen molar-refractivity contribution in [2.24, 2.45) is 5.73 Å². The monoisotopic (exact) mass is 309 g/mol. The molecule has 114 valence electrons. The van der Waals surface area contributed by atoms with Gasteiger partial charge in [-0.05, 0) is 30.5 Å². The Kier molecular flexibility index (Phi) is 5.46. The fraction of sp³-hybridized carbons (Fsp3) is 0.429. The van der Waals surface area contributed by atoms with Crippen LogP contribution in [0.25, 0.3) is 0 Å². The highest BCUT2D eigenvalue weighted by Gasteiger charge is 2.18. The third-order valence-corrected chi connectivity index (χ3v) is 3.81. The lowest BCUT2D eigenvalue weighted by Crippen LogP contribution is -2.30. The largest absolute Gasteiger partial charge is 0.376 e. The zero-order chi connectivity index (χ0) is 15.2. The minimum absolute atomic E-state index is 0.136. The topological polar surface area (TPSA) is 75.9 Å². The second kappa shape index (κ2) is 7.33. The fourth-order valence-corrected chi connectivity index (χ4v) is 2.43. The van der Waals surface area contributed by atoms with Crippen molar-refractivity contribution in [3.8, 4) is 0 Å². The Labute approximate surface area is 129 Å². The van der Waals surface area contributed by atoms with Crippen LogP contribution in [-0.2, 0) is 16.1 Å². The maximum atomic E-state index is 11.2. The van der Waals surface area contributed by atoms with Gasteiger partial charge in [0.15, 0.2) is 0 Å². The Morgan fingerprint density at radius 3 is 2.67 bits per heavy atom. The summed E-state index contributed by atoms with van der Waals surface area (Å²) in [6, 6.07) is 6.52. The van der Waals surface area contributed by atoms with E-state index in [1.54, 1.807) is 17.0 Å². The lowest BCUT2D eigenvalue weighted by Gasteiger charge is -2.21. The molecule has 2 N–H and O–H groups in total. The number of benzene rings is 1. The molecule has 3 amide bonds. The van der Waals surface area contributed by atoms with E-state index in [9.17, 15) is 9.59 Å². The zero-order valence-electron chi connectivity index (χ0n) is 11.6. The van der Waals surface area contributed by atoms with Crippen LogP contribution < -0.4 is 10.0 Å². The number of ether oxygens (including phenoxy) is 1. The Hall–Kier alpha value is -1.73. The Morgan fingerprint density at radius 2 is 2.14 bits per heavy atom. The van der Waals surface area contributed by atoms with Gasteiger partial charge >= 0.3 is 6.03 Å². The molecule has 1 saturated heterocycles. The molecule has 1 aliphatic heterocycles. The van der Waals surface area contributed by atoms with E-state index in [1.165, 1.54) is 0 Å². The third kappa shape index (κ3) is 4.37. The van der Waals surface area contributed by atoms with E-state index in [-0.39, 0.29) is 6.10 Å². The van der Waals surface area contributed by atoms with Gasteiger partial charge in [0, 0.05) is 19.7 Å². The number of nitrogens with two attached hydrogens (primary N) is 1. The lowest BCUT2D eigenvalue weighted by atomic mass is 10.2. The number of nitrogens with zero attached hydrogens (tertiary/aromatic N) is 2. The van der Waals surface area contributed by atoms with E-state index in [0.29, 0.717) is 18.8 Å². The number of rotatable bonds is 6. The van der Waals surface area contributed by atoms with Gasteiger partial charge in [-0.1, -0.05) is 24.9 Å². The number of hydrogen-bond donors (Lipinski definition) is 2. The van der Waals surface area contributed by atoms with Gasteiger partial charge in [-0.2, -0.15) is 0 Å². The van der Waals surface area contributed by atoms with Crippen LogP contribution in [-0.4, -0.2) is 36.6 Å². The van der Waals surface area contributed by atoms with Gasteiger partial charge in [0.2, 0.25) is 6.41 Å². The van der Waals surface area contributed by atoms with Gasteiger partial charge in [0.05, 0.1) is 11.8 Å². The summed E-state index contributed by atoms with van der Waals surface area (Å²) >= 11 is 3.99. The zero-order valence-corrected chi connectivity index (χ0v) is 12.5. The van der Waals surface area contributed by atoms with Crippen LogP contribution in [0, 0.1) is 0 Å². The molecule has 7 heteroatoms. The maximum Gasteiger partial charge on any atom is 0.329 e. The maximum absolute atomic E-state index is 11.2. The van der Waals surface area contributed by atoms with Crippen molar-refractivity contribution in [1.82, 2.24) is 4.90 Å². The van der Waals surface area contributed by atoms with E-state index >= 15 is 0 Å². The molecule has 1 atom stereocenters. The fourth-order valence-electron chi connectivity index (χ4n) is 2.30. The van der Waals surface area contributed by atoms with Crippen molar-refractivity contribution >= 4 is 30.9 Å². The molecule has 0 bridgehead atoms. The van der Waals surface area contributed by atoms with Gasteiger partial charge in [0.1, 0.15) is 0 Å². The normalized spacial score (nSPS) is 17.5. The average molecular weight is 309 g/mol. The molecule has 0 radical (unpaired) electrons. The summed E-state index contributed by atoms with van der Waals surface area (Å²) in [5.74, 6) is 0. The van der Waals surface area contributed by atoms with Gasteiger partial charge in [-0.15, -0.1) is 0 Å². The number of amides is 3. The van der Waals surface area contributed by atoms with Gasteiger partial charge in [-0.25, -0.2) is 9.10 Å². The summed E-state index contributed by atoms with van der Waals surface area (Å²) in [6.45, 7) is 1.88. The second-order valence-corrected chi connectivity index (χ2v) is 5.39. The molecule has 1 aromatic rings. The molecule has 1 aromatic carbocycles. The van der Waals surface area contributed by atoms with Gasteiger partial charge in [0.25, 0.3) is 0 Å². The van der Waals surface area contributed by atoms with E-state index in [1.807, 2.05) is 12.1 Å². The predicted molar refractivity (Wildman–Crippen MR) is 82.9 cm³/mol. The number of thiol groups is 1. The van der Waals surface area contributed by atoms with E-state index in [0.717, 1.165) is 35.7 Å². The molecular weight excluding hydrogens is 290 g/mol. The van der Waals surface area contributed by atoms with Crippen molar-refractivity contribution in [3.63, 3.8) is 0 Å². The predicted octanol–water partition coefficient (Wildman–Crippen LogP) is 1.55. The van der Waals surface area contributed by atoms with Crippen LogP contribution in [0.5, 0.6) is 0 Å². The van der Waals surface area contributed by atoms with Gasteiger partial charge < -0.3 is 15.4 Å². The average Bonchev–Trinajstić information content (AvgIpc) is 2.99. The quantitative estimate of drug-likeness (QED) is 0.618. The molecule has 21 heavy (non-hydrogen) atoms. The highest BCUT2D eigenvalue weighted by atomic mass is 32.1. The molecule has 0 aromatic heterocycles. The molecule has 6 nitrogen and oxygen atoms in total. The standard InChI is InChI=1S/C14H19N3O3S/c15-14(19)17(21)12-5-3-11(4-6-12)8-16(10-18)9-13-2-1-7-20-13/h3-6,10,13,21H,1-2,7-9H2,(H2,15,19). The first-order valence-corrected chi connectivity index (χ1v) is 7.18. The number of anilines is 1. The number of primary amides is 1. The minimum Gasteiger partial charge on any atom is -0.376 e. The summed E-state index contributed by atoms with van der Waals surface area (Å²) in [7, 11) is 0. The Morgan fingerprint density at radius 1 is 1.43 bits per heavy atom. The summed E-state index contributed by atoms with van der Waals surface area (Å²) in [4.78, 5) is 23.8. The number of urea groups is 1. The van der Waals surface area contributed by atoms with Crippen LogP contribution in [0.1, 0.15) is 18.4 Å². The highest BCUT2D eigenvalue weighted by molar-refractivity contribution is 7.82. The summed E-state index contributed by atoms with van der Waals surface area (Å²) in [5.41, 5.74) is 6.70. The molecule has 1 fully saturated rings. The molecular formula is C14H19N3O3S. The first kappa shape index (κ1) is 15.7. The highest BCUT2D eigenvalue weighted by Crippen LogP contribution is 2.18. The van der Waals surface area contributed by atoms with Crippen molar-refractivity contribution in [3.05, 3.63) is 29.8 Å². The van der Waals surface area contributed by atoms with Gasteiger partial charge in [-0.3, -0.25) is 4.79 Å². The molecule has 0 aliphatic carbocycles. The van der Waals surface area contributed by atoms with Crippen molar-refractivity contribution in [2.75, 3.05) is 17.5 Å². The summed E-state index contributed by atoms with van der Waals surface area (Å²) < 4.78 is 6.59. The van der Waals surface area contributed by atoms with Crippen LogP contribution in [0.15, 0.2) is 24.3 Å². The molecule has 0 spiro atoms. The summed E-state index contributed by atoms with van der Waals surface area (Å²) in [6.07, 6.45) is 3.02. The van der Waals surface area contributed by atoms with Crippen LogP contribution in [0.3, 0.4) is 0 Å². The Balaban J connectivity index is 1.94. The van der Waals surface area contributed by atoms with Crippen LogP contribution in [0.4, 0.5) is 10.5 Å². The smallest absolute Gasteiger partial charge is 0.329 e. The number of carbonyl (C=O) groups excluding carboxylic acids is 2. The first-order valence-electron chi connectivity index (χ1n) is 6.78. The molecule has 2 rings (SSSR count). The van der Waals surface area contributed by atoms with Crippen molar-refractivity contribution in [1.29, 1.82) is 0 Å². The van der Waals surface area contributed by atoms with E-state index in [2.05, 4.69) is 12.8 Å². The van der Waals surface area contributed by atoms with E-state index in [4.69, 9.17) is 10.5 Å².